The highest BCUT2D eigenvalue weighted by Gasteiger charge is 2.36. The molecule has 260 valence electrons. The molecule has 1 amide bonds. The number of nitrogens with zero attached hydrogens (tertiary/aromatic N) is 5. The van der Waals surface area contributed by atoms with Gasteiger partial charge in [-0.3, -0.25) is 9.80 Å². The molecule has 2 aromatic rings. The molecule has 3 saturated heterocycles. The van der Waals surface area contributed by atoms with Crippen LogP contribution in [-0.2, 0) is 4.74 Å². The fourth-order valence-corrected chi connectivity index (χ4v) is 8.44. The maximum Gasteiger partial charge on any atom is 0.407 e. The highest BCUT2D eigenvalue weighted by Crippen LogP contribution is 2.44. The Kier molecular flexibility index (Phi) is 11.3. The summed E-state index contributed by atoms with van der Waals surface area (Å²) in [6, 6.07) is 16.8. The number of hydrogen-bond acceptors (Lipinski definition) is 7. The molecule has 9 nitrogen and oxygen atoms in total. The molecule has 1 aliphatic carbocycles. The minimum Gasteiger partial charge on any atom is -0.465 e. The number of amides is 1. The largest absolute Gasteiger partial charge is 0.465 e. The molecule has 2 aromatic carbocycles. The zero-order valence-electron chi connectivity index (χ0n) is 28.7. The van der Waals surface area contributed by atoms with Crippen LogP contribution in [0.5, 0.6) is 0 Å². The molecule has 3 aliphatic heterocycles. The van der Waals surface area contributed by atoms with Gasteiger partial charge in [0.15, 0.2) is 0 Å². The third-order valence-electron chi connectivity index (χ3n) is 11.0. The smallest absolute Gasteiger partial charge is 0.407 e. The minimum atomic E-state index is -0.792. The van der Waals surface area contributed by atoms with Crippen molar-refractivity contribution in [3.63, 3.8) is 0 Å². The number of allylic oxidation sites excluding steroid dienone is 1. The molecule has 1 atom stereocenters. The van der Waals surface area contributed by atoms with Gasteiger partial charge in [0.05, 0.1) is 12.2 Å². The SMILES string of the molecule is CCOC(=O)c1ccc(N2CCN(CC3=C(c4ccc(Cl)cc4)CCC(C)(CN4CCC(N5CCN(C(=O)O)CC5)CC4)C3)CC2)cc1. The Morgan fingerprint density at radius 3 is 2.17 bits per heavy atom. The van der Waals surface area contributed by atoms with E-state index in [0.29, 0.717) is 31.3 Å². The summed E-state index contributed by atoms with van der Waals surface area (Å²) >= 11 is 6.29. The molecule has 0 spiro atoms. The number of benzene rings is 2. The highest BCUT2D eigenvalue weighted by atomic mass is 35.5. The van der Waals surface area contributed by atoms with Gasteiger partial charge < -0.3 is 24.5 Å². The van der Waals surface area contributed by atoms with Crippen molar-refractivity contribution >= 4 is 34.9 Å². The molecule has 0 bridgehead atoms. The van der Waals surface area contributed by atoms with E-state index in [1.54, 1.807) is 10.5 Å². The van der Waals surface area contributed by atoms with Crippen LogP contribution in [0, 0.1) is 5.41 Å². The predicted molar refractivity (Wildman–Crippen MR) is 192 cm³/mol. The lowest BCUT2D eigenvalue weighted by molar-refractivity contribution is 0.0458. The first-order valence-corrected chi connectivity index (χ1v) is 18.2. The first-order valence-electron chi connectivity index (χ1n) is 17.9. The van der Waals surface area contributed by atoms with Crippen LogP contribution in [0.25, 0.3) is 5.57 Å². The molecule has 48 heavy (non-hydrogen) atoms. The molecule has 3 fully saturated rings. The number of anilines is 1. The number of likely N-dealkylation sites (tertiary alicyclic amines) is 1. The number of piperidine rings is 1. The van der Waals surface area contributed by atoms with Crippen molar-refractivity contribution in [2.45, 2.75) is 52.0 Å². The first kappa shape index (κ1) is 34.7. The summed E-state index contributed by atoms with van der Waals surface area (Å²) in [5.74, 6) is -0.268. The number of carbonyl (C=O) groups is 2. The first-order chi connectivity index (χ1) is 23.2. The van der Waals surface area contributed by atoms with Crippen LogP contribution in [-0.4, -0.2) is 128 Å². The Hall–Kier alpha value is -3.11. The average Bonchev–Trinajstić information content (AvgIpc) is 3.10. The second kappa shape index (κ2) is 15.6. The van der Waals surface area contributed by atoms with E-state index in [4.69, 9.17) is 16.3 Å². The molecule has 6 rings (SSSR count). The van der Waals surface area contributed by atoms with Gasteiger partial charge in [-0.15, -0.1) is 0 Å². The third kappa shape index (κ3) is 8.54. The van der Waals surface area contributed by atoms with Gasteiger partial charge in [0, 0.05) is 82.2 Å². The van der Waals surface area contributed by atoms with E-state index in [2.05, 4.69) is 38.7 Å². The van der Waals surface area contributed by atoms with Crippen molar-refractivity contribution < 1.29 is 19.4 Å². The molecule has 10 heteroatoms. The van der Waals surface area contributed by atoms with Crippen LogP contribution >= 0.6 is 11.6 Å². The Morgan fingerprint density at radius 2 is 1.54 bits per heavy atom. The van der Waals surface area contributed by atoms with E-state index in [-0.39, 0.29) is 11.4 Å². The van der Waals surface area contributed by atoms with Crippen molar-refractivity contribution in [2.75, 3.05) is 90.0 Å². The number of ether oxygens (including phenoxy) is 1. The van der Waals surface area contributed by atoms with Gasteiger partial charge in [-0.05, 0) is 105 Å². The molecule has 4 aliphatic rings. The normalized spacial score (nSPS) is 23.8. The van der Waals surface area contributed by atoms with E-state index in [1.165, 1.54) is 17.6 Å². The van der Waals surface area contributed by atoms with Crippen molar-refractivity contribution in [2.24, 2.45) is 5.41 Å². The summed E-state index contributed by atoms with van der Waals surface area (Å²) in [4.78, 5) is 35.2. The van der Waals surface area contributed by atoms with Gasteiger partial charge in [0.1, 0.15) is 0 Å². The minimum absolute atomic E-state index is 0.230. The lowest BCUT2D eigenvalue weighted by atomic mass is 9.71. The average molecular weight is 678 g/mol. The van der Waals surface area contributed by atoms with Gasteiger partial charge in [-0.25, -0.2) is 9.59 Å². The Bertz CT molecular complexity index is 1430. The van der Waals surface area contributed by atoms with Gasteiger partial charge in [-0.2, -0.15) is 0 Å². The summed E-state index contributed by atoms with van der Waals surface area (Å²) in [6.07, 6.45) is 4.91. The maximum atomic E-state index is 12.1. The second-order valence-corrected chi connectivity index (χ2v) is 14.9. The number of esters is 1. The lowest BCUT2D eigenvalue weighted by Gasteiger charge is -2.46. The van der Waals surface area contributed by atoms with E-state index < -0.39 is 6.09 Å². The summed E-state index contributed by atoms with van der Waals surface area (Å²) in [5.41, 5.74) is 6.36. The number of hydrogen-bond donors (Lipinski definition) is 1. The van der Waals surface area contributed by atoms with Crippen LogP contribution in [0.1, 0.15) is 61.9 Å². The van der Waals surface area contributed by atoms with Gasteiger partial charge in [-0.1, -0.05) is 36.2 Å². The topological polar surface area (TPSA) is 79.8 Å². The van der Waals surface area contributed by atoms with Crippen molar-refractivity contribution in [3.8, 4) is 0 Å². The van der Waals surface area contributed by atoms with E-state index in [0.717, 1.165) is 102 Å². The van der Waals surface area contributed by atoms with Crippen molar-refractivity contribution in [1.82, 2.24) is 19.6 Å². The van der Waals surface area contributed by atoms with Crippen LogP contribution in [0.2, 0.25) is 5.02 Å². The third-order valence-corrected chi connectivity index (χ3v) is 11.3. The highest BCUT2D eigenvalue weighted by molar-refractivity contribution is 6.30. The van der Waals surface area contributed by atoms with Crippen LogP contribution < -0.4 is 4.90 Å². The summed E-state index contributed by atoms with van der Waals surface area (Å²) in [7, 11) is 0. The monoisotopic (exact) mass is 677 g/mol. The standard InChI is InChI=1S/C38H52ClN5O4/c1-3-48-36(45)30-6-10-33(11-7-30)42-20-18-40(19-21-42)27-31-26-38(2,15-12-35(31)29-4-8-32(39)9-5-29)28-41-16-13-34(14-17-41)43-22-24-44(25-23-43)37(46)47/h4-11,34H,3,12-28H2,1-2H3,(H,46,47). The van der Waals surface area contributed by atoms with Crippen molar-refractivity contribution in [3.05, 3.63) is 70.3 Å². The van der Waals surface area contributed by atoms with Crippen LogP contribution in [0.15, 0.2) is 54.1 Å². The predicted octanol–water partition coefficient (Wildman–Crippen LogP) is 6.04. The number of piperazine rings is 2. The van der Waals surface area contributed by atoms with Gasteiger partial charge in [0.25, 0.3) is 0 Å². The Labute approximate surface area is 291 Å². The number of carboxylic acid groups (broad SMARTS) is 1. The van der Waals surface area contributed by atoms with E-state index in [9.17, 15) is 14.7 Å². The molecule has 0 saturated carbocycles. The Balaban J connectivity index is 1.06. The summed E-state index contributed by atoms with van der Waals surface area (Å²) in [5, 5.41) is 10.1. The van der Waals surface area contributed by atoms with Gasteiger partial charge >= 0.3 is 12.1 Å². The van der Waals surface area contributed by atoms with E-state index >= 15 is 0 Å². The zero-order valence-corrected chi connectivity index (χ0v) is 29.5. The quantitative estimate of drug-likeness (QED) is 0.322. The molecule has 1 N–H and O–H groups in total. The summed E-state index contributed by atoms with van der Waals surface area (Å²) in [6.45, 7) is 15.9. The summed E-state index contributed by atoms with van der Waals surface area (Å²) < 4.78 is 5.15. The van der Waals surface area contributed by atoms with Crippen molar-refractivity contribution in [1.29, 1.82) is 0 Å². The number of halogens is 1. The Morgan fingerprint density at radius 1 is 0.875 bits per heavy atom. The lowest BCUT2D eigenvalue weighted by Crippen LogP contribution is -2.54. The molecular formula is C38H52ClN5O4. The molecule has 1 unspecified atom stereocenters. The molecule has 3 heterocycles. The molecular weight excluding hydrogens is 626 g/mol. The molecule has 0 radical (unpaired) electrons. The zero-order chi connectivity index (χ0) is 33.7. The fraction of sp³-hybridized carbons (Fsp3) is 0.579. The van der Waals surface area contributed by atoms with Gasteiger partial charge in [0.2, 0.25) is 0 Å². The fourth-order valence-electron chi connectivity index (χ4n) is 8.32. The second-order valence-electron chi connectivity index (χ2n) is 14.4. The maximum absolute atomic E-state index is 12.1. The number of rotatable bonds is 9. The molecule has 0 aromatic heterocycles. The van der Waals surface area contributed by atoms with Crippen LogP contribution in [0.4, 0.5) is 10.5 Å². The van der Waals surface area contributed by atoms with E-state index in [1.807, 2.05) is 43.3 Å². The van der Waals surface area contributed by atoms with Crippen LogP contribution in [0.3, 0.4) is 0 Å². The number of carbonyl (C=O) groups excluding carboxylic acids is 1.